The van der Waals surface area contributed by atoms with Crippen molar-refractivity contribution in [1.29, 1.82) is 0 Å². The number of pyridine rings is 2. The second-order valence-electron chi connectivity index (χ2n) is 9.72. The molecular formula is C27H23FN6O3. The van der Waals surface area contributed by atoms with Crippen LogP contribution in [0.3, 0.4) is 0 Å². The van der Waals surface area contributed by atoms with Crippen LogP contribution < -0.4 is 10.6 Å². The number of nitrogens with one attached hydrogen (secondary N) is 2. The molecule has 9 nitrogen and oxygen atoms in total. The molecule has 3 aliphatic rings. The van der Waals surface area contributed by atoms with Crippen molar-refractivity contribution in [3.05, 3.63) is 77.0 Å². The van der Waals surface area contributed by atoms with E-state index in [4.69, 9.17) is 9.72 Å². The third-order valence-corrected chi connectivity index (χ3v) is 7.55. The van der Waals surface area contributed by atoms with Gasteiger partial charge in [0.15, 0.2) is 0 Å². The van der Waals surface area contributed by atoms with Gasteiger partial charge in [-0.1, -0.05) is 12.1 Å². The summed E-state index contributed by atoms with van der Waals surface area (Å²) in [5, 5.41) is 6.25. The molecule has 37 heavy (non-hydrogen) atoms. The zero-order valence-electron chi connectivity index (χ0n) is 20.0. The number of rotatable bonds is 3. The van der Waals surface area contributed by atoms with Gasteiger partial charge in [-0.3, -0.25) is 14.0 Å². The van der Waals surface area contributed by atoms with Crippen molar-refractivity contribution in [2.75, 3.05) is 25.6 Å². The zero-order chi connectivity index (χ0) is 25.3. The Bertz CT molecular complexity index is 1620. The standard InChI is InChI=1S/C27H23FN6O3/c1-33-11-21-15(18-12-37-13-19(18)27(33)36)3-5-23(32-21)31-20-4-2-16(17-9-30-26(35)25(17)20)22-10-29-24-8-14(28)6-7-34(22)24/h2-8,10,18-19H,9,11-13H2,1H3,(H,30,35)(H,31,32)/t18-,19+/m0/s1. The monoisotopic (exact) mass is 498 g/mol. The van der Waals surface area contributed by atoms with E-state index >= 15 is 0 Å². The average Bonchev–Trinajstić information content (AvgIpc) is 3.61. The van der Waals surface area contributed by atoms with Crippen LogP contribution in [0.25, 0.3) is 16.9 Å². The molecule has 3 aromatic heterocycles. The molecule has 2 N–H and O–H groups in total. The number of nitrogens with zero attached hydrogens (tertiary/aromatic N) is 4. The van der Waals surface area contributed by atoms with Crippen molar-refractivity contribution < 1.29 is 18.7 Å². The van der Waals surface area contributed by atoms with Gasteiger partial charge in [0.1, 0.15) is 17.3 Å². The van der Waals surface area contributed by atoms with Crippen LogP contribution in [0.4, 0.5) is 15.9 Å². The lowest BCUT2D eigenvalue weighted by Gasteiger charge is -2.18. The lowest BCUT2D eigenvalue weighted by atomic mass is 9.88. The minimum absolute atomic E-state index is 0.00209. The predicted octanol–water partition coefficient (Wildman–Crippen LogP) is 3.22. The van der Waals surface area contributed by atoms with Gasteiger partial charge in [-0.05, 0) is 29.3 Å². The minimum atomic E-state index is -0.355. The molecule has 2 atom stereocenters. The Morgan fingerprint density at radius 3 is 2.89 bits per heavy atom. The van der Waals surface area contributed by atoms with Crippen LogP contribution in [-0.2, 0) is 22.6 Å². The molecular weight excluding hydrogens is 475 g/mol. The maximum Gasteiger partial charge on any atom is 0.254 e. The number of halogens is 1. The molecule has 2 amide bonds. The van der Waals surface area contributed by atoms with E-state index < -0.39 is 0 Å². The van der Waals surface area contributed by atoms with Gasteiger partial charge in [0.05, 0.1) is 54.5 Å². The SMILES string of the molecule is CN1Cc2nc(Nc3ccc(-c4cnc5cc(F)ccn45)c4c3C(=O)NC4)ccc2[C@@H]2COC[C@H]2C1=O. The summed E-state index contributed by atoms with van der Waals surface area (Å²) < 4.78 is 21.1. The molecule has 4 aromatic rings. The first-order chi connectivity index (χ1) is 18.0. The molecule has 1 fully saturated rings. The highest BCUT2D eigenvalue weighted by Crippen LogP contribution is 2.39. The first-order valence-corrected chi connectivity index (χ1v) is 12.1. The molecule has 0 radical (unpaired) electrons. The van der Waals surface area contributed by atoms with Gasteiger partial charge in [0.2, 0.25) is 5.91 Å². The van der Waals surface area contributed by atoms with Crippen LogP contribution >= 0.6 is 0 Å². The fraction of sp³-hybridized carbons (Fsp3) is 0.259. The summed E-state index contributed by atoms with van der Waals surface area (Å²) in [5.74, 6) is -0.0341. The molecule has 186 valence electrons. The topological polar surface area (TPSA) is 101 Å². The molecule has 7 rings (SSSR count). The summed E-state index contributed by atoms with van der Waals surface area (Å²) >= 11 is 0. The Kier molecular flexibility index (Phi) is 4.80. The molecule has 6 heterocycles. The maximum atomic E-state index is 13.7. The Hall–Kier alpha value is -4.31. The lowest BCUT2D eigenvalue weighted by molar-refractivity contribution is -0.134. The highest BCUT2D eigenvalue weighted by atomic mass is 19.1. The number of hydrogen-bond donors (Lipinski definition) is 2. The molecule has 0 saturated carbocycles. The third-order valence-electron chi connectivity index (χ3n) is 7.55. The molecule has 1 saturated heterocycles. The van der Waals surface area contributed by atoms with Crippen LogP contribution in [0.15, 0.2) is 48.8 Å². The van der Waals surface area contributed by atoms with Crippen LogP contribution in [0.1, 0.15) is 33.1 Å². The van der Waals surface area contributed by atoms with Gasteiger partial charge in [-0.2, -0.15) is 0 Å². The number of carbonyl (C=O) groups excluding carboxylic acids is 2. The molecule has 0 unspecified atom stereocenters. The smallest absolute Gasteiger partial charge is 0.254 e. The first-order valence-electron chi connectivity index (χ1n) is 12.1. The Balaban J connectivity index is 1.27. The minimum Gasteiger partial charge on any atom is -0.380 e. The Morgan fingerprint density at radius 2 is 2.00 bits per heavy atom. The van der Waals surface area contributed by atoms with Crippen LogP contribution in [0, 0.1) is 11.7 Å². The van der Waals surface area contributed by atoms with Gasteiger partial charge in [0.25, 0.3) is 5.91 Å². The summed E-state index contributed by atoms with van der Waals surface area (Å²) in [4.78, 5) is 36.6. The van der Waals surface area contributed by atoms with Crippen molar-refractivity contribution in [3.63, 3.8) is 0 Å². The van der Waals surface area contributed by atoms with Crippen LogP contribution in [0.2, 0.25) is 0 Å². The summed E-state index contributed by atoms with van der Waals surface area (Å²) in [6.45, 7) is 1.74. The summed E-state index contributed by atoms with van der Waals surface area (Å²) in [7, 11) is 1.79. The van der Waals surface area contributed by atoms with E-state index in [1.165, 1.54) is 12.1 Å². The van der Waals surface area contributed by atoms with E-state index in [1.54, 1.807) is 28.7 Å². The number of carbonyl (C=O) groups is 2. The van der Waals surface area contributed by atoms with E-state index in [-0.39, 0.29) is 29.5 Å². The van der Waals surface area contributed by atoms with Crippen LogP contribution in [-0.4, -0.2) is 51.3 Å². The molecule has 3 aliphatic heterocycles. The quantitative estimate of drug-likeness (QED) is 0.450. The Labute approximate surface area is 211 Å². The number of hydrogen-bond acceptors (Lipinski definition) is 6. The highest BCUT2D eigenvalue weighted by Gasteiger charge is 2.40. The van der Waals surface area contributed by atoms with Gasteiger partial charge in [0, 0.05) is 37.3 Å². The summed E-state index contributed by atoms with van der Waals surface area (Å²) in [5.41, 5.74) is 6.01. The molecule has 0 bridgehead atoms. The maximum absolute atomic E-state index is 13.7. The van der Waals surface area contributed by atoms with Crippen molar-refractivity contribution in [2.24, 2.45) is 5.92 Å². The van der Waals surface area contributed by atoms with E-state index in [2.05, 4.69) is 15.6 Å². The first kappa shape index (κ1) is 21.9. The van der Waals surface area contributed by atoms with E-state index in [0.717, 1.165) is 28.1 Å². The second-order valence-corrected chi connectivity index (χ2v) is 9.72. The number of amides is 2. The fourth-order valence-electron chi connectivity index (χ4n) is 5.72. The fourth-order valence-corrected chi connectivity index (χ4v) is 5.72. The molecule has 10 heteroatoms. The van der Waals surface area contributed by atoms with Crippen molar-refractivity contribution >= 4 is 29.0 Å². The third kappa shape index (κ3) is 3.40. The zero-order valence-corrected chi connectivity index (χ0v) is 20.0. The van der Waals surface area contributed by atoms with Crippen molar-refractivity contribution in [2.45, 2.75) is 19.0 Å². The van der Waals surface area contributed by atoms with E-state index in [9.17, 15) is 14.0 Å². The summed E-state index contributed by atoms with van der Waals surface area (Å²) in [6.07, 6.45) is 3.32. The number of imidazole rings is 1. The van der Waals surface area contributed by atoms with Gasteiger partial charge < -0.3 is 20.3 Å². The number of ether oxygens (including phenoxy) is 1. The number of benzene rings is 1. The second kappa shape index (κ2) is 8.10. The van der Waals surface area contributed by atoms with E-state index in [0.29, 0.717) is 49.0 Å². The van der Waals surface area contributed by atoms with Crippen molar-refractivity contribution in [3.8, 4) is 11.3 Å². The van der Waals surface area contributed by atoms with E-state index in [1.807, 2.05) is 24.3 Å². The highest BCUT2D eigenvalue weighted by molar-refractivity contribution is 6.06. The molecule has 1 aromatic carbocycles. The normalized spacial score (nSPS) is 20.4. The predicted molar refractivity (Wildman–Crippen MR) is 133 cm³/mol. The van der Waals surface area contributed by atoms with Gasteiger partial charge in [-0.25, -0.2) is 14.4 Å². The number of fused-ring (bicyclic) bond motifs is 5. The van der Waals surface area contributed by atoms with Crippen LogP contribution in [0.5, 0.6) is 0 Å². The molecule has 0 aliphatic carbocycles. The largest absolute Gasteiger partial charge is 0.380 e. The van der Waals surface area contributed by atoms with Gasteiger partial charge >= 0.3 is 0 Å². The number of aromatic nitrogens is 3. The average molecular weight is 499 g/mol. The summed E-state index contributed by atoms with van der Waals surface area (Å²) in [6, 6.07) is 10.4. The van der Waals surface area contributed by atoms with Crippen molar-refractivity contribution in [1.82, 2.24) is 24.6 Å². The lowest BCUT2D eigenvalue weighted by Crippen LogP contribution is -2.32. The number of anilines is 2. The van der Waals surface area contributed by atoms with Gasteiger partial charge in [-0.15, -0.1) is 0 Å². The molecule has 0 spiro atoms. The Morgan fingerprint density at radius 1 is 1.14 bits per heavy atom.